The van der Waals surface area contributed by atoms with Crippen LogP contribution in [0.25, 0.3) is 221 Å². The molecule has 0 aliphatic heterocycles. The van der Waals surface area contributed by atoms with Crippen LogP contribution in [0, 0.1) is 0 Å². The van der Waals surface area contributed by atoms with Crippen molar-refractivity contribution in [1.82, 2.24) is 0 Å². The van der Waals surface area contributed by atoms with E-state index >= 15 is 0 Å². The van der Waals surface area contributed by atoms with Crippen molar-refractivity contribution in [2.24, 2.45) is 0 Å². The number of rotatable bonds is 8. The van der Waals surface area contributed by atoms with E-state index in [9.17, 15) is 0 Å². The Hall–Kier alpha value is -15.9. The Labute approximate surface area is 839 Å². The molecule has 29 rings (SSSR count). The maximum Gasteiger partial charge on any atom is 0.0159 e. The second kappa shape index (κ2) is 30.1. The quantitative estimate of drug-likeness (QED) is 0.133. The lowest BCUT2D eigenvalue weighted by Crippen LogP contribution is -2.15. The molecule has 7 aliphatic carbocycles. The summed E-state index contributed by atoms with van der Waals surface area (Å²) in [5, 5.41) is 12.8. The zero-order valence-corrected chi connectivity index (χ0v) is 83.8. The van der Waals surface area contributed by atoms with E-state index in [0.717, 1.165) is 0 Å². The predicted molar refractivity (Wildman–Crippen MR) is 607 cm³/mol. The molecule has 0 aromatic heterocycles. The molecule has 7 aliphatic rings. The third-order valence-electron chi connectivity index (χ3n) is 35.6. The molecule has 0 heteroatoms. The minimum absolute atomic E-state index is 0.0475. The van der Waals surface area contributed by atoms with Crippen LogP contribution in [-0.4, -0.2) is 0 Å². The van der Waals surface area contributed by atoms with Gasteiger partial charge in [-0.05, 0) is 359 Å². The fourth-order valence-electron chi connectivity index (χ4n) is 28.0. The normalized spacial score (nSPS) is 15.6. The van der Waals surface area contributed by atoms with Crippen molar-refractivity contribution < 1.29 is 0 Å². The Kier molecular flexibility index (Phi) is 17.9. The maximum absolute atomic E-state index is 2.54. The first kappa shape index (κ1) is 85.1. The lowest BCUT2D eigenvalue weighted by molar-refractivity contribution is 0.659. The van der Waals surface area contributed by atoms with Gasteiger partial charge in [0, 0.05) is 37.9 Å². The van der Waals surface area contributed by atoms with Crippen molar-refractivity contribution >= 4 is 53.9 Å². The molecule has 0 radical (unpaired) electrons. The van der Waals surface area contributed by atoms with Crippen LogP contribution in [0.15, 0.2) is 413 Å². The highest BCUT2D eigenvalue weighted by Crippen LogP contribution is 2.63. The Balaban J connectivity index is 0.000000140. The van der Waals surface area contributed by atoms with E-state index in [1.165, 1.54) is 299 Å². The third-order valence-corrected chi connectivity index (χ3v) is 35.6. The van der Waals surface area contributed by atoms with Crippen LogP contribution in [0.4, 0.5) is 0 Å². The molecule has 22 aromatic carbocycles. The summed E-state index contributed by atoms with van der Waals surface area (Å²) in [5.74, 6) is 0. The van der Waals surface area contributed by atoms with E-state index in [1.54, 1.807) is 0 Å². The number of hydrogen-bond donors (Lipinski definition) is 0. The third kappa shape index (κ3) is 12.0. The lowest BCUT2D eigenvalue weighted by Gasteiger charge is -2.25. The highest BCUT2D eigenvalue weighted by atomic mass is 14.5. The van der Waals surface area contributed by atoms with Gasteiger partial charge in [-0.25, -0.2) is 0 Å². The SMILES string of the molecule is CC1(C)c2ccccc2-c2ccc(-c3ccc4c(-c5ccc6c(c5)C(C)(C)c5cc(-c7ccc8ccccc8c7)ccc5-6)c5ccccc5c(-c5cccc6c5-c5ccccc5C6(C)C)c4c3)cc21.CC1(C)c2ccccc2-c2ccc(-c3ccc4c(c3)C(C)(C)c3cc(-c5c6ccccc6c(-c6cccc7c6-c6ccccc6C7(C)C)c6cc(-c7ccc8c(c7)C(C)(C)c7ccccc7-8)ccc56)ccc3-4)cc21. The maximum atomic E-state index is 2.54. The van der Waals surface area contributed by atoms with Gasteiger partial charge in [-0.2, -0.15) is 0 Å². The molecule has 0 heterocycles. The van der Waals surface area contributed by atoms with Gasteiger partial charge >= 0.3 is 0 Å². The van der Waals surface area contributed by atoms with E-state index in [2.05, 4.69) is 509 Å². The van der Waals surface area contributed by atoms with Crippen LogP contribution in [0.1, 0.15) is 175 Å². The molecule has 0 bridgehead atoms. The predicted octanol–water partition coefficient (Wildman–Crippen LogP) is 38.6. The molecule has 0 atom stereocenters. The smallest absolute Gasteiger partial charge is 0.0159 e. The van der Waals surface area contributed by atoms with Crippen LogP contribution < -0.4 is 0 Å². The molecule has 0 saturated carbocycles. The highest BCUT2D eigenvalue weighted by molar-refractivity contribution is 6.26. The molecule has 0 spiro atoms. The van der Waals surface area contributed by atoms with Crippen molar-refractivity contribution in [2.45, 2.75) is 135 Å². The topological polar surface area (TPSA) is 0 Å². The molecule has 0 fully saturated rings. The average Bonchev–Trinajstić information content (AvgIpc) is 1.65. The van der Waals surface area contributed by atoms with Crippen LogP contribution in [0.2, 0.25) is 0 Å². The Morgan fingerprint density at radius 2 is 0.308 bits per heavy atom. The standard InChI is InChI=1S/C74H58.C69H52/c1-71(2)62-26-16-13-22-57(62)70-58(23-17-27-63(70)71)69-55-21-10-9-20-54(55)68(56-37-31-43(38-59(56)69)44-28-33-50-48-18-11-14-24-60(48)72(3,4)64(50)39-44)47-32-36-53-52-35-30-46(41-66(52)74(7,8)67(53)42-47)45-29-34-51-49-19-12-15-25-61(49)73(5,6)65(51)40-45;1-67(2)59-24-14-12-21-55(59)66-56(22-15-25-60(66)67)65-53-20-10-9-19-52(53)64(54-35-30-44(37-57(54)65)46-29-32-49-48-18-11-13-23-58(48)68(3,4)61(49)39-46)47-31-34-51-50-33-28-45(38-62(50)69(5,6)63(51)40-47)43-27-26-41-16-7-8-17-42(41)36-43/h9-42H,1-8H3;7-40H,1-6H3. The highest BCUT2D eigenvalue weighted by Gasteiger charge is 2.45. The second-order valence-electron chi connectivity index (χ2n) is 45.6. The van der Waals surface area contributed by atoms with Crippen molar-refractivity contribution in [3.05, 3.63) is 490 Å². The van der Waals surface area contributed by atoms with Gasteiger partial charge in [-0.15, -0.1) is 0 Å². The van der Waals surface area contributed by atoms with E-state index in [1.807, 2.05) is 0 Å². The Morgan fingerprint density at radius 3 is 0.643 bits per heavy atom. The summed E-state index contributed by atoms with van der Waals surface area (Å²) in [6, 6.07) is 158. The summed E-state index contributed by atoms with van der Waals surface area (Å²) in [4.78, 5) is 0. The Morgan fingerprint density at radius 1 is 0.105 bits per heavy atom. The van der Waals surface area contributed by atoms with E-state index in [0.29, 0.717) is 0 Å². The largest absolute Gasteiger partial charge is 0.0619 e. The van der Waals surface area contributed by atoms with Crippen molar-refractivity contribution in [3.8, 4) is 167 Å². The molecule has 143 heavy (non-hydrogen) atoms. The van der Waals surface area contributed by atoms with Crippen LogP contribution in [0.3, 0.4) is 0 Å². The molecular formula is C143H110. The molecule has 0 unspecified atom stereocenters. The zero-order valence-electron chi connectivity index (χ0n) is 83.8. The van der Waals surface area contributed by atoms with Gasteiger partial charge in [-0.1, -0.05) is 449 Å². The van der Waals surface area contributed by atoms with Crippen molar-refractivity contribution in [1.29, 1.82) is 0 Å². The van der Waals surface area contributed by atoms with E-state index < -0.39 is 0 Å². The summed E-state index contributed by atoms with van der Waals surface area (Å²) in [5.41, 5.74) is 57.9. The Bertz CT molecular complexity index is 9420. The fraction of sp³-hybridized carbons (Fsp3) is 0.147. The van der Waals surface area contributed by atoms with E-state index in [-0.39, 0.29) is 37.9 Å². The second-order valence-corrected chi connectivity index (χ2v) is 45.6. The summed E-state index contributed by atoms with van der Waals surface area (Å²) in [6.45, 7) is 33.6. The first-order valence-corrected chi connectivity index (χ1v) is 51.5. The van der Waals surface area contributed by atoms with Gasteiger partial charge < -0.3 is 0 Å². The monoisotopic (exact) mass is 1830 g/mol. The summed E-state index contributed by atoms with van der Waals surface area (Å²) < 4.78 is 0. The van der Waals surface area contributed by atoms with Crippen molar-refractivity contribution in [3.63, 3.8) is 0 Å². The fourth-order valence-corrected chi connectivity index (χ4v) is 28.0. The zero-order chi connectivity index (χ0) is 96.8. The molecule has 0 saturated heterocycles. The first-order valence-electron chi connectivity index (χ1n) is 51.5. The average molecular weight is 1830 g/mol. The summed E-state index contributed by atoms with van der Waals surface area (Å²) in [7, 11) is 0. The van der Waals surface area contributed by atoms with Gasteiger partial charge in [0.2, 0.25) is 0 Å². The molecular weight excluding hydrogens is 1720 g/mol. The van der Waals surface area contributed by atoms with Gasteiger partial charge in [0.1, 0.15) is 0 Å². The number of fused-ring (bicyclic) bond motifs is 26. The van der Waals surface area contributed by atoms with E-state index in [4.69, 9.17) is 0 Å². The molecule has 22 aromatic rings. The number of hydrogen-bond acceptors (Lipinski definition) is 0. The minimum atomic E-state index is -0.215. The summed E-state index contributed by atoms with van der Waals surface area (Å²) >= 11 is 0. The molecule has 0 nitrogen and oxygen atoms in total. The van der Waals surface area contributed by atoms with Crippen molar-refractivity contribution in [2.75, 3.05) is 0 Å². The van der Waals surface area contributed by atoms with Gasteiger partial charge in [0.15, 0.2) is 0 Å². The summed E-state index contributed by atoms with van der Waals surface area (Å²) in [6.07, 6.45) is 0. The van der Waals surface area contributed by atoms with Gasteiger partial charge in [0.25, 0.3) is 0 Å². The number of benzene rings is 22. The molecule has 0 N–H and O–H groups in total. The van der Waals surface area contributed by atoms with Crippen LogP contribution in [0.5, 0.6) is 0 Å². The first-order chi connectivity index (χ1) is 69.2. The molecule has 682 valence electrons. The van der Waals surface area contributed by atoms with Crippen LogP contribution in [-0.2, 0) is 37.9 Å². The van der Waals surface area contributed by atoms with Gasteiger partial charge in [-0.3, -0.25) is 0 Å². The van der Waals surface area contributed by atoms with Crippen LogP contribution >= 0.6 is 0 Å². The molecule has 0 amide bonds. The lowest BCUT2D eigenvalue weighted by atomic mass is 9.78. The van der Waals surface area contributed by atoms with Gasteiger partial charge in [0.05, 0.1) is 0 Å². The minimum Gasteiger partial charge on any atom is -0.0619 e.